The van der Waals surface area contributed by atoms with E-state index in [9.17, 15) is 18.0 Å². The number of anilines is 3. The highest BCUT2D eigenvalue weighted by molar-refractivity contribution is 7.92. The van der Waals surface area contributed by atoms with Crippen molar-refractivity contribution in [2.45, 2.75) is 39.5 Å². The lowest BCUT2D eigenvalue weighted by Gasteiger charge is -2.23. The molecule has 1 aliphatic heterocycles. The predicted octanol–water partition coefficient (Wildman–Crippen LogP) is 3.65. The van der Waals surface area contributed by atoms with E-state index in [1.54, 1.807) is 29.2 Å². The van der Waals surface area contributed by atoms with Gasteiger partial charge in [0.05, 0.1) is 11.9 Å². The lowest BCUT2D eigenvalue weighted by Crippen LogP contribution is -2.37. The van der Waals surface area contributed by atoms with Gasteiger partial charge in [-0.2, -0.15) is 0 Å². The number of nitrogens with zero attached hydrogens (tertiary/aromatic N) is 2. The Morgan fingerprint density at radius 2 is 1.84 bits per heavy atom. The van der Waals surface area contributed by atoms with Crippen molar-refractivity contribution in [3.63, 3.8) is 0 Å². The zero-order valence-electron chi connectivity index (χ0n) is 18.4. The molecule has 0 spiro atoms. The second-order valence-electron chi connectivity index (χ2n) is 8.21. The summed E-state index contributed by atoms with van der Waals surface area (Å²) in [6.07, 6.45) is 2.42. The number of amides is 2. The Labute approximate surface area is 184 Å². The molecule has 0 saturated carbocycles. The van der Waals surface area contributed by atoms with E-state index in [1.807, 2.05) is 25.1 Å². The van der Waals surface area contributed by atoms with Gasteiger partial charge in [0, 0.05) is 24.3 Å². The fourth-order valence-corrected chi connectivity index (χ4v) is 4.49. The highest BCUT2D eigenvalue weighted by Gasteiger charge is 2.24. The minimum absolute atomic E-state index is 0.0691. The number of rotatable bonds is 7. The third kappa shape index (κ3) is 5.44. The molecule has 7 nitrogen and oxygen atoms in total. The molecular weight excluding hydrogens is 414 g/mol. The summed E-state index contributed by atoms with van der Waals surface area (Å²) in [5.41, 5.74) is 3.76. The predicted molar refractivity (Wildman–Crippen MR) is 124 cm³/mol. The lowest BCUT2D eigenvalue weighted by molar-refractivity contribution is -0.117. The van der Waals surface area contributed by atoms with E-state index in [1.165, 1.54) is 0 Å². The zero-order chi connectivity index (χ0) is 22.8. The Morgan fingerprint density at radius 1 is 1.16 bits per heavy atom. The third-order valence-corrected chi connectivity index (χ3v) is 6.53. The van der Waals surface area contributed by atoms with E-state index in [2.05, 4.69) is 19.2 Å². The van der Waals surface area contributed by atoms with Gasteiger partial charge in [-0.15, -0.1) is 0 Å². The molecule has 1 fully saturated rings. The second-order valence-corrected chi connectivity index (χ2v) is 10.1. The van der Waals surface area contributed by atoms with Gasteiger partial charge in [-0.05, 0) is 54.7 Å². The second kappa shape index (κ2) is 9.09. The molecule has 31 heavy (non-hydrogen) atoms. The van der Waals surface area contributed by atoms with E-state index in [0.717, 1.165) is 33.8 Å². The van der Waals surface area contributed by atoms with Crippen molar-refractivity contribution in [3.05, 3.63) is 53.6 Å². The van der Waals surface area contributed by atoms with Gasteiger partial charge in [0.1, 0.15) is 6.54 Å². The number of benzene rings is 2. The van der Waals surface area contributed by atoms with Crippen LogP contribution in [0.4, 0.5) is 17.1 Å². The van der Waals surface area contributed by atoms with Crippen LogP contribution in [0.25, 0.3) is 0 Å². The van der Waals surface area contributed by atoms with Gasteiger partial charge in [0.25, 0.3) is 0 Å². The van der Waals surface area contributed by atoms with Crippen molar-refractivity contribution < 1.29 is 18.0 Å². The Hall–Kier alpha value is -2.87. The van der Waals surface area contributed by atoms with Gasteiger partial charge in [0.2, 0.25) is 21.8 Å². The fraction of sp³-hybridized carbons (Fsp3) is 0.391. The summed E-state index contributed by atoms with van der Waals surface area (Å²) in [7, 11) is -3.65. The Morgan fingerprint density at radius 3 is 2.39 bits per heavy atom. The summed E-state index contributed by atoms with van der Waals surface area (Å²) in [5.74, 6) is -0.0668. The largest absolute Gasteiger partial charge is 0.324 e. The first-order chi connectivity index (χ1) is 14.6. The zero-order valence-corrected chi connectivity index (χ0v) is 19.2. The number of hydrogen-bond donors (Lipinski definition) is 1. The van der Waals surface area contributed by atoms with Gasteiger partial charge < -0.3 is 10.2 Å². The van der Waals surface area contributed by atoms with Gasteiger partial charge in [-0.3, -0.25) is 13.9 Å². The lowest BCUT2D eigenvalue weighted by atomic mass is 10.0. The smallest absolute Gasteiger partial charge is 0.245 e. The Balaban J connectivity index is 1.78. The minimum Gasteiger partial charge on any atom is -0.324 e. The topological polar surface area (TPSA) is 86.8 Å². The van der Waals surface area contributed by atoms with Crippen molar-refractivity contribution in [1.82, 2.24) is 0 Å². The van der Waals surface area contributed by atoms with Crippen molar-refractivity contribution in [2.24, 2.45) is 0 Å². The van der Waals surface area contributed by atoms with E-state index < -0.39 is 15.9 Å². The van der Waals surface area contributed by atoms with Crippen molar-refractivity contribution >= 4 is 38.9 Å². The van der Waals surface area contributed by atoms with Gasteiger partial charge in [0.15, 0.2) is 0 Å². The first-order valence-electron chi connectivity index (χ1n) is 10.3. The Kier molecular flexibility index (Phi) is 6.69. The Bertz CT molecular complexity index is 1080. The van der Waals surface area contributed by atoms with Crippen molar-refractivity contribution in [2.75, 3.05) is 33.9 Å². The van der Waals surface area contributed by atoms with Gasteiger partial charge in [-0.25, -0.2) is 8.42 Å². The molecule has 0 aromatic heterocycles. The molecule has 2 amide bonds. The molecule has 166 valence electrons. The highest BCUT2D eigenvalue weighted by atomic mass is 32.2. The van der Waals surface area contributed by atoms with E-state index in [0.29, 0.717) is 30.3 Å². The van der Waals surface area contributed by atoms with E-state index in [4.69, 9.17) is 0 Å². The molecule has 2 aromatic carbocycles. The SMILES string of the molecule is Cc1ccc(NC(=O)CN(c2ccc(C(C)C)cc2)S(C)(=O)=O)cc1N1CCCC1=O. The van der Waals surface area contributed by atoms with Crippen LogP contribution in [0.1, 0.15) is 43.7 Å². The summed E-state index contributed by atoms with van der Waals surface area (Å²) < 4.78 is 25.8. The number of nitrogens with one attached hydrogen (secondary N) is 1. The number of carbonyl (C=O) groups is 2. The first kappa shape index (κ1) is 22.8. The van der Waals surface area contributed by atoms with Crippen LogP contribution in [0.2, 0.25) is 0 Å². The summed E-state index contributed by atoms with van der Waals surface area (Å²) in [4.78, 5) is 26.5. The number of aryl methyl sites for hydroxylation is 1. The van der Waals surface area contributed by atoms with Crippen LogP contribution >= 0.6 is 0 Å². The fourth-order valence-electron chi connectivity index (χ4n) is 3.64. The number of carbonyl (C=O) groups excluding carboxylic acids is 2. The molecule has 2 aromatic rings. The van der Waals surface area contributed by atoms with Crippen LogP contribution in [-0.2, 0) is 19.6 Å². The number of hydrogen-bond acceptors (Lipinski definition) is 4. The molecule has 1 saturated heterocycles. The van der Waals surface area contributed by atoms with Crippen LogP contribution in [0.5, 0.6) is 0 Å². The van der Waals surface area contributed by atoms with Gasteiger partial charge >= 0.3 is 0 Å². The normalized spacial score (nSPS) is 14.2. The maximum atomic E-state index is 12.7. The molecule has 0 atom stereocenters. The summed E-state index contributed by atoms with van der Waals surface area (Å²) in [5, 5.41) is 2.77. The summed E-state index contributed by atoms with van der Waals surface area (Å²) in [6.45, 7) is 6.35. The van der Waals surface area contributed by atoms with Crippen LogP contribution in [0.15, 0.2) is 42.5 Å². The molecule has 1 N–H and O–H groups in total. The van der Waals surface area contributed by atoms with Crippen molar-refractivity contribution in [3.8, 4) is 0 Å². The average Bonchev–Trinajstić information content (AvgIpc) is 3.12. The standard InChI is InChI=1S/C23H29N3O4S/c1-16(2)18-8-11-20(12-9-18)26(31(4,29)30)15-22(27)24-19-10-7-17(3)21(14-19)25-13-5-6-23(25)28/h7-12,14,16H,5-6,13,15H2,1-4H3,(H,24,27). The monoisotopic (exact) mass is 443 g/mol. The molecule has 1 heterocycles. The molecule has 0 bridgehead atoms. The average molecular weight is 444 g/mol. The molecular formula is C23H29N3O4S. The maximum Gasteiger partial charge on any atom is 0.245 e. The van der Waals surface area contributed by atoms with Crippen LogP contribution in [-0.4, -0.2) is 39.6 Å². The first-order valence-corrected chi connectivity index (χ1v) is 12.2. The molecule has 0 aliphatic carbocycles. The number of sulfonamides is 1. The highest BCUT2D eigenvalue weighted by Crippen LogP contribution is 2.28. The maximum absolute atomic E-state index is 12.7. The molecule has 0 unspecified atom stereocenters. The third-order valence-electron chi connectivity index (χ3n) is 5.39. The van der Waals surface area contributed by atoms with E-state index >= 15 is 0 Å². The minimum atomic E-state index is -3.65. The van der Waals surface area contributed by atoms with Crippen molar-refractivity contribution in [1.29, 1.82) is 0 Å². The molecule has 8 heteroatoms. The summed E-state index contributed by atoms with van der Waals surface area (Å²) >= 11 is 0. The van der Waals surface area contributed by atoms with Gasteiger partial charge in [-0.1, -0.05) is 32.0 Å². The van der Waals surface area contributed by atoms with E-state index in [-0.39, 0.29) is 12.5 Å². The molecule has 1 aliphatic rings. The van der Waals surface area contributed by atoms with Crippen LogP contribution in [0, 0.1) is 6.92 Å². The molecule has 0 radical (unpaired) electrons. The quantitative estimate of drug-likeness (QED) is 0.708. The molecule has 3 rings (SSSR count). The van der Waals surface area contributed by atoms with Crippen LogP contribution in [0.3, 0.4) is 0 Å². The summed E-state index contributed by atoms with van der Waals surface area (Å²) in [6, 6.07) is 12.5. The van der Waals surface area contributed by atoms with Crippen LogP contribution < -0.4 is 14.5 Å².